The highest BCUT2D eigenvalue weighted by atomic mass is 16.8. The van der Waals surface area contributed by atoms with Gasteiger partial charge in [-0.15, -0.1) is 0 Å². The van der Waals surface area contributed by atoms with Crippen LogP contribution in [-0.2, 0) is 56.8 Å². The molecule has 22 rings (SSSR count). The van der Waals surface area contributed by atoms with E-state index in [4.69, 9.17) is 56.8 Å². The molecule has 0 radical (unpaired) electrons. The monoisotopic (exact) mass is 940 g/mol. The molecule has 0 saturated carbocycles. The molecule has 0 aliphatic carbocycles. The highest BCUT2D eigenvalue weighted by molar-refractivity contribution is 4.99. The van der Waals surface area contributed by atoms with E-state index in [0.717, 1.165) is 0 Å². The van der Waals surface area contributed by atoms with Gasteiger partial charge < -0.3 is 139 Å². The molecule has 22 saturated heterocycles. The van der Waals surface area contributed by atoms with Gasteiger partial charge in [0, 0.05) is 12.8 Å². The number of rotatable bonds is 6. The molecule has 64 heavy (non-hydrogen) atoms. The molecule has 28 nitrogen and oxygen atoms in total. The zero-order valence-electron chi connectivity index (χ0n) is 33.9. The number of ether oxygens (including phenoxy) is 12. The van der Waals surface area contributed by atoms with E-state index in [0.29, 0.717) is 0 Å². The third-order valence-corrected chi connectivity index (χ3v) is 12.4. The van der Waals surface area contributed by atoms with Gasteiger partial charge in [-0.05, 0) is 0 Å². The standard InChI is InChI=1S/C36H60O28/c37-3-12-11-1-10(44)32(55-12)62-29-15(6-40)58-34(25(51)21(29)47)61-27-9(43)2-18(53-13(27)4-38)60-28-14(5-39)57-35(24(50)19(28)45)64-31-17(8-42)59-36(26(52)22(31)48)63-30-16(7-41)56-33(54-11)23(49)20(30)46/h9-52H,1-8H2/t9?,10-,11-,12?,13?,14?,15?,16?,17?,18+,19?,20?,21?,22+,23-,24-,25-,26?,27-,28+,29+,30+,31+,32+,33-,34+,35+,36+/m0/s1. The van der Waals surface area contributed by atoms with Crippen molar-refractivity contribution in [3.8, 4) is 0 Å². The lowest BCUT2D eigenvalue weighted by Gasteiger charge is -2.50. The summed E-state index contributed by atoms with van der Waals surface area (Å²) >= 11 is 0. The molecule has 0 aromatic rings. The summed E-state index contributed by atoms with van der Waals surface area (Å²) in [5, 5.41) is 173. The van der Waals surface area contributed by atoms with Crippen LogP contribution in [0.25, 0.3) is 0 Å². The molecular formula is C36H60O28. The Balaban J connectivity index is 1.16. The highest BCUT2D eigenvalue weighted by Gasteiger charge is 2.57. The van der Waals surface area contributed by atoms with Gasteiger partial charge in [0.1, 0.15) is 122 Å². The van der Waals surface area contributed by atoms with Gasteiger partial charge in [0.05, 0.1) is 51.8 Å². The molecule has 0 amide bonds. The average Bonchev–Trinajstić information content (AvgIpc) is 3.28. The van der Waals surface area contributed by atoms with Crippen molar-refractivity contribution in [2.75, 3.05) is 39.6 Å². The fourth-order valence-electron chi connectivity index (χ4n) is 8.90. The number of hydrogen-bond acceptors (Lipinski definition) is 28. The van der Waals surface area contributed by atoms with Gasteiger partial charge in [-0.25, -0.2) is 0 Å². The van der Waals surface area contributed by atoms with Gasteiger partial charge in [-0.3, -0.25) is 0 Å². The van der Waals surface area contributed by atoms with Gasteiger partial charge in [0.15, 0.2) is 37.7 Å². The summed E-state index contributed by atoms with van der Waals surface area (Å²) in [6.45, 7) is -5.30. The van der Waals surface area contributed by atoms with Crippen LogP contribution in [0.5, 0.6) is 0 Å². The lowest BCUT2D eigenvalue weighted by atomic mass is 9.95. The minimum Gasteiger partial charge on any atom is -0.394 e. The fourth-order valence-corrected chi connectivity index (χ4v) is 8.90. The summed E-state index contributed by atoms with van der Waals surface area (Å²) in [6.07, 6.45) is -49.5. The van der Waals surface area contributed by atoms with Gasteiger partial charge in [-0.1, -0.05) is 0 Å². The topological polar surface area (TPSA) is 434 Å². The number of aliphatic hydroxyl groups excluding tert-OH is 16. The Morgan fingerprint density at radius 2 is 0.578 bits per heavy atom. The third-order valence-electron chi connectivity index (χ3n) is 12.4. The van der Waals surface area contributed by atoms with Crippen molar-refractivity contribution in [3.05, 3.63) is 0 Å². The average molecular weight is 941 g/mol. The molecule has 0 spiro atoms. The van der Waals surface area contributed by atoms with Crippen molar-refractivity contribution in [2.45, 2.75) is 185 Å². The van der Waals surface area contributed by atoms with E-state index in [1.807, 2.05) is 0 Å². The van der Waals surface area contributed by atoms with Gasteiger partial charge in [0.2, 0.25) is 0 Å². The Morgan fingerprint density at radius 3 is 0.969 bits per heavy atom. The molecule has 12 bridgehead atoms. The molecule has 22 heterocycles. The largest absolute Gasteiger partial charge is 0.394 e. The number of hydrogen-bond donors (Lipinski definition) is 16. The van der Waals surface area contributed by atoms with Gasteiger partial charge in [-0.2, -0.15) is 0 Å². The van der Waals surface area contributed by atoms with Crippen LogP contribution in [0, 0.1) is 0 Å². The van der Waals surface area contributed by atoms with Crippen LogP contribution in [0.2, 0.25) is 0 Å². The van der Waals surface area contributed by atoms with Crippen molar-refractivity contribution >= 4 is 0 Å². The maximum absolute atomic E-state index is 11.2. The normalized spacial score (nSPS) is 54.4. The Morgan fingerprint density at radius 1 is 0.266 bits per heavy atom. The van der Waals surface area contributed by atoms with E-state index in [2.05, 4.69) is 0 Å². The zero-order chi connectivity index (χ0) is 46.3. The summed E-state index contributed by atoms with van der Waals surface area (Å²) in [6, 6.07) is 0. The lowest BCUT2D eigenvalue weighted by molar-refractivity contribution is -0.395. The summed E-state index contributed by atoms with van der Waals surface area (Å²) in [4.78, 5) is 0. The quantitative estimate of drug-likeness (QED) is 0.118. The molecule has 0 aromatic heterocycles. The summed E-state index contributed by atoms with van der Waals surface area (Å²) < 4.78 is 69.0. The Bertz CT molecular complexity index is 1450. The van der Waals surface area contributed by atoms with Crippen molar-refractivity contribution in [1.82, 2.24) is 0 Å². The van der Waals surface area contributed by atoms with Crippen LogP contribution < -0.4 is 0 Å². The van der Waals surface area contributed by atoms with Crippen molar-refractivity contribution in [3.63, 3.8) is 0 Å². The van der Waals surface area contributed by atoms with Crippen LogP contribution >= 0.6 is 0 Å². The predicted molar refractivity (Wildman–Crippen MR) is 193 cm³/mol. The van der Waals surface area contributed by atoms with Crippen LogP contribution in [0.1, 0.15) is 12.8 Å². The second-order valence-electron chi connectivity index (χ2n) is 16.6. The van der Waals surface area contributed by atoms with Crippen molar-refractivity contribution < 1.29 is 139 Å². The Kier molecular flexibility index (Phi) is 17.2. The van der Waals surface area contributed by atoms with E-state index in [9.17, 15) is 81.7 Å². The molecule has 16 N–H and O–H groups in total. The van der Waals surface area contributed by atoms with Gasteiger partial charge in [0.25, 0.3) is 0 Å². The zero-order valence-corrected chi connectivity index (χ0v) is 33.9. The van der Waals surface area contributed by atoms with Crippen LogP contribution in [0.3, 0.4) is 0 Å². The highest BCUT2D eigenvalue weighted by Crippen LogP contribution is 2.37. The first-order chi connectivity index (χ1) is 30.6. The second-order valence-corrected chi connectivity index (χ2v) is 16.6. The predicted octanol–water partition coefficient (Wildman–Crippen LogP) is -11.0. The Labute approximate surface area is 363 Å². The third kappa shape index (κ3) is 10.1. The summed E-state index contributed by atoms with van der Waals surface area (Å²) in [5.74, 6) is 0. The first-order valence-electron chi connectivity index (χ1n) is 20.9. The van der Waals surface area contributed by atoms with E-state index >= 15 is 0 Å². The maximum Gasteiger partial charge on any atom is 0.187 e. The summed E-state index contributed by atoms with van der Waals surface area (Å²) in [7, 11) is 0. The number of aliphatic hydroxyl groups is 16. The van der Waals surface area contributed by atoms with Crippen LogP contribution in [0.4, 0.5) is 0 Å². The van der Waals surface area contributed by atoms with E-state index in [1.54, 1.807) is 0 Å². The minimum absolute atomic E-state index is 0.425. The fraction of sp³-hybridized carbons (Fsp3) is 1.00. The van der Waals surface area contributed by atoms with E-state index in [1.165, 1.54) is 0 Å². The first kappa shape index (κ1) is 50.7. The molecule has 11 unspecified atom stereocenters. The molecule has 28 heteroatoms. The molecule has 0 aromatic carbocycles. The second kappa shape index (κ2) is 21.7. The molecule has 22 aliphatic rings. The first-order valence-corrected chi connectivity index (χ1v) is 20.9. The summed E-state index contributed by atoms with van der Waals surface area (Å²) in [5.41, 5.74) is 0. The molecule has 22 fully saturated rings. The smallest absolute Gasteiger partial charge is 0.187 e. The van der Waals surface area contributed by atoms with Crippen LogP contribution in [-0.4, -0.2) is 293 Å². The Hall–Kier alpha value is -1.12. The van der Waals surface area contributed by atoms with Crippen molar-refractivity contribution in [1.29, 1.82) is 0 Å². The van der Waals surface area contributed by atoms with E-state index in [-0.39, 0.29) is 0 Å². The molecule has 28 atom stereocenters. The minimum atomic E-state index is -2.08. The van der Waals surface area contributed by atoms with Crippen LogP contribution in [0.15, 0.2) is 0 Å². The molecule has 372 valence electrons. The van der Waals surface area contributed by atoms with Gasteiger partial charge >= 0.3 is 0 Å². The lowest BCUT2D eigenvalue weighted by Crippen LogP contribution is -2.67. The van der Waals surface area contributed by atoms with E-state index < -0.39 is 225 Å². The van der Waals surface area contributed by atoms with Crippen molar-refractivity contribution in [2.24, 2.45) is 0 Å². The maximum atomic E-state index is 11.2. The molecule has 22 aliphatic heterocycles. The molecular weight excluding hydrogens is 880 g/mol. The SMILES string of the molecule is OCC1O[C@@H]2O[C@H]3C(O)C[C@H](OC3CO)O[C@@H]3C(CO)O[C@H](O[C@@H]4C(CO)O[C@H](O[C@@H]5C(CO)O[C@H](O[C@H]6C[C@H](O)[C@H](OC6CO)O[C@H]1C(O)[C@@H]2O)[C@@H](O)C5O)C(O)[C@H]4O)[C@@H](O)C3O.